The Morgan fingerprint density at radius 3 is 1.36 bits per heavy atom. The quantitative estimate of drug-likeness (QED) is 0.150. The zero-order valence-corrected chi connectivity index (χ0v) is 30.3. The van der Waals surface area contributed by atoms with Crippen molar-refractivity contribution < 1.29 is 0 Å². The lowest BCUT2D eigenvalue weighted by atomic mass is 9.59. The van der Waals surface area contributed by atoms with Crippen molar-refractivity contribution in [2.24, 2.45) is 0 Å². The lowest BCUT2D eigenvalue weighted by Gasteiger charge is -2.29. The lowest BCUT2D eigenvalue weighted by Crippen LogP contribution is -2.50. The summed E-state index contributed by atoms with van der Waals surface area (Å²) in [5.41, 5.74) is 6.82. The molecule has 10 aromatic rings. The highest BCUT2D eigenvalue weighted by molar-refractivity contribution is 6.71. The molecule has 16 radical (unpaired) electrons. The number of benzene rings is 10. The van der Waals surface area contributed by atoms with Gasteiger partial charge in [0, 0.05) is 0 Å². The largest absolute Gasteiger partial charge is 0.113 e. The van der Waals surface area contributed by atoms with Gasteiger partial charge in [0.1, 0.15) is 62.8 Å². The molecule has 8 heteroatoms. The first-order valence-electron chi connectivity index (χ1n) is 18.3. The van der Waals surface area contributed by atoms with Crippen molar-refractivity contribution >= 4 is 171 Å². The van der Waals surface area contributed by atoms with Gasteiger partial charge >= 0.3 is 0 Å². The van der Waals surface area contributed by atoms with Crippen molar-refractivity contribution in [2.45, 2.75) is 0 Å². The Labute approximate surface area is 336 Å². The van der Waals surface area contributed by atoms with Crippen LogP contribution in [0.3, 0.4) is 0 Å². The van der Waals surface area contributed by atoms with Gasteiger partial charge < -0.3 is 0 Å². The minimum Gasteiger partial charge on any atom is -0.110 e. The maximum absolute atomic E-state index is 7.14. The van der Waals surface area contributed by atoms with E-state index in [1.165, 1.54) is 0 Å². The fourth-order valence-electron chi connectivity index (χ4n) is 8.81. The zero-order chi connectivity index (χ0) is 38.6. The third-order valence-corrected chi connectivity index (χ3v) is 11.6. The monoisotopic (exact) mass is 686 g/mol. The third-order valence-electron chi connectivity index (χ3n) is 11.6. The molecular weight excluding hydrogens is 663 g/mol. The van der Waals surface area contributed by atoms with Crippen molar-refractivity contribution in [3.63, 3.8) is 0 Å². The summed E-state index contributed by atoms with van der Waals surface area (Å²) in [7, 11) is 55.4. The van der Waals surface area contributed by atoms with Crippen LogP contribution in [0.2, 0.25) is 0 Å². The predicted molar refractivity (Wildman–Crippen MR) is 251 cm³/mol. The highest BCUT2D eigenvalue weighted by Gasteiger charge is 2.26. The van der Waals surface area contributed by atoms with Gasteiger partial charge in [0.15, 0.2) is 0 Å². The lowest BCUT2D eigenvalue weighted by molar-refractivity contribution is 1.64. The molecule has 0 bridgehead atoms. The Morgan fingerprint density at radius 1 is 0.250 bits per heavy atom. The van der Waals surface area contributed by atoms with Gasteiger partial charge in [-0.1, -0.05) is 137 Å². The van der Waals surface area contributed by atoms with Crippen LogP contribution >= 0.6 is 0 Å². The van der Waals surface area contributed by atoms with Crippen LogP contribution in [0.4, 0.5) is 0 Å². The normalized spacial score (nSPS) is 11.8. The van der Waals surface area contributed by atoms with Gasteiger partial charge in [-0.3, -0.25) is 0 Å². The van der Waals surface area contributed by atoms with E-state index < -0.39 is 0 Å². The Hall–Kier alpha value is -5.72. The predicted octanol–water partition coefficient (Wildman–Crippen LogP) is 3.96. The average molecular weight is 685 g/mol. The van der Waals surface area contributed by atoms with Crippen LogP contribution in [-0.2, 0) is 0 Å². The molecule has 56 heavy (non-hydrogen) atoms. The van der Waals surface area contributed by atoms with E-state index in [4.69, 9.17) is 62.8 Å². The molecule has 0 saturated heterocycles. The fraction of sp³-hybridized carbons (Fsp3) is 0. The van der Waals surface area contributed by atoms with Crippen molar-refractivity contribution in [1.29, 1.82) is 0 Å². The Bertz CT molecular complexity index is 3270. The standard InChI is InChI=1S/C48H22B8/c49-41-37-35(28-12-7-11-26(21-28)27-18-16-23-8-1-2-10-25(23)20-27)38-40(44(52)48(56)46(54)42(38)50)36(39(37)43(51)47(55)45(41)53)33-22-29-19-17-24-9-3-4-13-30(24)34(29)32-15-6-5-14-31(32)33/h1-22H. The molecule has 0 aliphatic heterocycles. The van der Waals surface area contributed by atoms with Crippen molar-refractivity contribution in [1.82, 2.24) is 0 Å². The zero-order valence-electron chi connectivity index (χ0n) is 30.3. The molecule has 238 valence electrons. The second-order valence-electron chi connectivity index (χ2n) is 14.6. The minimum atomic E-state index is 0.178. The molecule has 0 amide bonds. The smallest absolute Gasteiger partial charge is 0.110 e. The number of hydrogen-bond acceptors (Lipinski definition) is 0. The highest BCUT2D eigenvalue weighted by Crippen LogP contribution is 2.45. The van der Waals surface area contributed by atoms with E-state index >= 15 is 0 Å². The summed E-state index contributed by atoms with van der Waals surface area (Å²) >= 11 is 0. The van der Waals surface area contributed by atoms with Gasteiger partial charge in [-0.25, -0.2) is 0 Å². The first-order chi connectivity index (χ1) is 27.1. The van der Waals surface area contributed by atoms with Gasteiger partial charge in [0.25, 0.3) is 0 Å². The van der Waals surface area contributed by atoms with Crippen LogP contribution in [0.25, 0.3) is 98.0 Å². The summed E-state index contributed by atoms with van der Waals surface area (Å²) in [5, 5.41) is 11.1. The third kappa shape index (κ3) is 4.98. The van der Waals surface area contributed by atoms with E-state index in [-0.39, 0.29) is 43.7 Å². The summed E-state index contributed by atoms with van der Waals surface area (Å²) < 4.78 is 0. The molecule has 0 unspecified atom stereocenters. The first-order valence-corrected chi connectivity index (χ1v) is 18.3. The summed E-state index contributed by atoms with van der Waals surface area (Å²) in [5.74, 6) is 0. The molecule has 0 atom stereocenters. The minimum absolute atomic E-state index is 0.178. The Morgan fingerprint density at radius 2 is 0.714 bits per heavy atom. The van der Waals surface area contributed by atoms with Gasteiger partial charge in [-0.2, -0.15) is 0 Å². The molecule has 0 aromatic heterocycles. The van der Waals surface area contributed by atoms with E-state index in [9.17, 15) is 0 Å². The maximum Gasteiger partial charge on any atom is 0.113 e. The average Bonchev–Trinajstić information content (AvgIpc) is 3.24. The molecular formula is C48H22B8. The van der Waals surface area contributed by atoms with Gasteiger partial charge in [0.05, 0.1) is 0 Å². The van der Waals surface area contributed by atoms with Crippen LogP contribution in [0.1, 0.15) is 0 Å². The Balaban J connectivity index is 1.42. The number of rotatable bonds is 3. The van der Waals surface area contributed by atoms with Gasteiger partial charge in [-0.05, 0) is 116 Å². The summed E-state index contributed by atoms with van der Waals surface area (Å²) in [6, 6.07) is 46.0. The van der Waals surface area contributed by atoms with Gasteiger partial charge in [-0.15, -0.1) is 21.9 Å². The SMILES string of the molecule is [B]c1c([B])c([B])c2c(-c3cc4ccc5ccccc5c4c4ccccc34)c3c([B])c([B])c([B])c([B])c3c(-c3cccc(-c4ccc5ccccc5c4)c3)c2c1[B]. The molecule has 0 fully saturated rings. The second kappa shape index (κ2) is 12.9. The molecule has 10 aromatic carbocycles. The summed E-state index contributed by atoms with van der Waals surface area (Å²) in [6.07, 6.45) is 0. The Kier molecular flexibility index (Phi) is 8.02. The highest BCUT2D eigenvalue weighted by atomic mass is 14.3. The number of hydrogen-bond donors (Lipinski definition) is 0. The van der Waals surface area contributed by atoms with Crippen molar-refractivity contribution in [3.8, 4) is 33.4 Å². The van der Waals surface area contributed by atoms with Crippen LogP contribution in [0.5, 0.6) is 0 Å². The summed E-state index contributed by atoms with van der Waals surface area (Å²) in [4.78, 5) is 0. The molecule has 0 saturated carbocycles. The molecule has 0 heterocycles. The van der Waals surface area contributed by atoms with Crippen molar-refractivity contribution in [2.75, 3.05) is 0 Å². The second-order valence-corrected chi connectivity index (χ2v) is 14.6. The van der Waals surface area contributed by atoms with E-state index in [0.717, 1.165) is 65.3 Å². The topological polar surface area (TPSA) is 0 Å². The van der Waals surface area contributed by atoms with Crippen LogP contribution in [0, 0.1) is 0 Å². The molecule has 0 nitrogen and oxygen atoms in total. The number of fused-ring (bicyclic) bond motifs is 8. The van der Waals surface area contributed by atoms with E-state index in [1.807, 2.05) is 36.4 Å². The molecule has 10 rings (SSSR count). The van der Waals surface area contributed by atoms with Crippen molar-refractivity contribution in [3.05, 3.63) is 133 Å². The van der Waals surface area contributed by atoms with E-state index in [2.05, 4.69) is 97.1 Å². The van der Waals surface area contributed by atoms with E-state index in [1.54, 1.807) is 0 Å². The molecule has 0 aliphatic rings. The fourth-order valence-corrected chi connectivity index (χ4v) is 8.81. The molecule has 0 aliphatic carbocycles. The molecule has 0 N–H and O–H groups in total. The van der Waals surface area contributed by atoms with Crippen LogP contribution in [-0.4, -0.2) is 62.8 Å². The summed E-state index contributed by atoms with van der Waals surface area (Å²) in [6.45, 7) is 0. The maximum atomic E-state index is 7.14. The van der Waals surface area contributed by atoms with Gasteiger partial charge in [0.2, 0.25) is 0 Å². The molecule has 0 spiro atoms. The van der Waals surface area contributed by atoms with Crippen LogP contribution < -0.4 is 43.7 Å². The van der Waals surface area contributed by atoms with E-state index in [0.29, 0.717) is 32.7 Å². The first kappa shape index (κ1) is 34.7. The van der Waals surface area contributed by atoms with Crippen LogP contribution in [0.15, 0.2) is 133 Å².